The van der Waals surface area contributed by atoms with Gasteiger partial charge in [0.15, 0.2) is 5.78 Å². The minimum absolute atomic E-state index is 0.301. The fourth-order valence-corrected chi connectivity index (χ4v) is 1.39. The number of Topliss-reactive ketones (excluding diaryl/α,β-unsaturated/α-hetero) is 1. The normalized spacial score (nSPS) is 13.6. The van der Waals surface area contributed by atoms with Crippen LogP contribution in [0, 0.1) is 0 Å². The molecule has 0 aliphatic heterocycles. The number of carbonyl (C=O) groups is 1. The van der Waals surface area contributed by atoms with Crippen LogP contribution in [0.3, 0.4) is 0 Å². The monoisotopic (exact) mass is 198 g/mol. The Labute approximate surface area is 79.9 Å². The first-order valence-corrected chi connectivity index (χ1v) is 6.89. The highest BCUT2D eigenvalue weighted by Crippen LogP contribution is 2.20. The standard InChI is InChI=1S/C9H8O.ClH3Si/c10-9-6-5-7-3-1-2-4-8(7)9;1-2/h1-4H,5-6H2;2H3. The van der Waals surface area contributed by atoms with Crippen molar-refractivity contribution in [3.05, 3.63) is 35.4 Å². The summed E-state index contributed by atoms with van der Waals surface area (Å²) in [6, 6.07) is 7.84. The quantitative estimate of drug-likeness (QED) is 0.454. The Kier molecular flexibility index (Phi) is 3.50. The number of benzene rings is 1. The minimum Gasteiger partial charge on any atom is -0.294 e. The van der Waals surface area contributed by atoms with Crippen LogP contribution in [0.1, 0.15) is 22.3 Å². The molecular formula is C9H11ClOSi. The van der Waals surface area contributed by atoms with E-state index in [4.69, 9.17) is 11.1 Å². The summed E-state index contributed by atoms with van der Waals surface area (Å²) in [4.78, 5) is 11.1. The maximum absolute atomic E-state index is 11.1. The molecule has 0 amide bonds. The molecule has 0 saturated carbocycles. The first-order valence-electron chi connectivity index (χ1n) is 3.87. The number of fused-ring (bicyclic) bond motifs is 1. The summed E-state index contributed by atoms with van der Waals surface area (Å²) >= 11 is 4.78. The molecule has 64 valence electrons. The van der Waals surface area contributed by atoms with E-state index in [1.807, 2.05) is 24.3 Å². The van der Waals surface area contributed by atoms with Crippen molar-refractivity contribution in [2.45, 2.75) is 12.8 Å². The van der Waals surface area contributed by atoms with Crippen LogP contribution in [-0.2, 0) is 6.42 Å². The van der Waals surface area contributed by atoms with E-state index in [0.717, 1.165) is 21.5 Å². The molecule has 1 aromatic rings. The lowest BCUT2D eigenvalue weighted by Crippen LogP contribution is -1.88. The Balaban J connectivity index is 0.000000336. The van der Waals surface area contributed by atoms with Crippen LogP contribution in [-0.4, -0.2) is 15.3 Å². The third-order valence-corrected chi connectivity index (χ3v) is 1.94. The van der Waals surface area contributed by atoms with Gasteiger partial charge in [0.1, 0.15) is 9.55 Å². The molecular weight excluding hydrogens is 188 g/mol. The van der Waals surface area contributed by atoms with Gasteiger partial charge in [0, 0.05) is 12.0 Å². The molecule has 0 atom stereocenters. The molecule has 0 radical (unpaired) electrons. The molecule has 0 N–H and O–H groups in total. The van der Waals surface area contributed by atoms with Crippen molar-refractivity contribution < 1.29 is 4.79 Å². The van der Waals surface area contributed by atoms with Gasteiger partial charge in [-0.2, -0.15) is 11.1 Å². The SMILES string of the molecule is O=C1CCc2ccccc21.[SiH3]Cl. The first-order chi connectivity index (χ1) is 5.88. The molecule has 3 heteroatoms. The van der Waals surface area contributed by atoms with Gasteiger partial charge >= 0.3 is 0 Å². The number of rotatable bonds is 0. The van der Waals surface area contributed by atoms with Gasteiger partial charge in [-0.25, -0.2) is 0 Å². The predicted molar refractivity (Wildman–Crippen MR) is 54.9 cm³/mol. The summed E-state index contributed by atoms with van der Waals surface area (Å²) in [6.45, 7) is 0. The fraction of sp³-hybridized carbons (Fsp3) is 0.222. The van der Waals surface area contributed by atoms with Crippen LogP contribution in [0.5, 0.6) is 0 Å². The van der Waals surface area contributed by atoms with Crippen molar-refractivity contribution in [3.8, 4) is 0 Å². The third kappa shape index (κ3) is 1.76. The van der Waals surface area contributed by atoms with Crippen LogP contribution >= 0.6 is 11.1 Å². The van der Waals surface area contributed by atoms with Gasteiger partial charge < -0.3 is 0 Å². The number of hydrogen-bond acceptors (Lipinski definition) is 1. The van der Waals surface area contributed by atoms with Crippen molar-refractivity contribution in [2.75, 3.05) is 0 Å². The number of carbonyl (C=O) groups excluding carboxylic acids is 1. The largest absolute Gasteiger partial charge is 0.294 e. The van der Waals surface area contributed by atoms with E-state index in [1.165, 1.54) is 5.56 Å². The Morgan fingerprint density at radius 1 is 1.17 bits per heavy atom. The maximum atomic E-state index is 11.1. The molecule has 1 aromatic carbocycles. The summed E-state index contributed by atoms with van der Waals surface area (Å²) in [5.41, 5.74) is 2.15. The molecule has 1 aliphatic rings. The molecule has 2 rings (SSSR count). The summed E-state index contributed by atoms with van der Waals surface area (Å²) in [7, 11) is 0.778. The second kappa shape index (κ2) is 4.43. The lowest BCUT2D eigenvalue weighted by Gasteiger charge is -1.92. The van der Waals surface area contributed by atoms with Crippen molar-refractivity contribution in [2.24, 2.45) is 0 Å². The van der Waals surface area contributed by atoms with E-state index in [1.54, 1.807) is 0 Å². The topological polar surface area (TPSA) is 17.1 Å². The highest BCUT2D eigenvalue weighted by Gasteiger charge is 2.17. The summed E-state index contributed by atoms with van der Waals surface area (Å²) in [6.07, 6.45) is 1.65. The van der Waals surface area contributed by atoms with E-state index in [2.05, 4.69) is 0 Å². The van der Waals surface area contributed by atoms with E-state index >= 15 is 0 Å². The number of hydrogen-bond donors (Lipinski definition) is 0. The maximum Gasteiger partial charge on any atom is 0.163 e. The van der Waals surface area contributed by atoms with Crippen molar-refractivity contribution in [1.82, 2.24) is 0 Å². The first kappa shape index (κ1) is 9.48. The van der Waals surface area contributed by atoms with E-state index in [-0.39, 0.29) is 0 Å². The zero-order valence-electron chi connectivity index (χ0n) is 7.01. The zero-order valence-corrected chi connectivity index (χ0v) is 9.77. The van der Waals surface area contributed by atoms with Crippen LogP contribution < -0.4 is 0 Å². The van der Waals surface area contributed by atoms with Crippen molar-refractivity contribution >= 4 is 26.4 Å². The molecule has 0 saturated heterocycles. The molecule has 0 spiro atoms. The number of ketones is 1. The van der Waals surface area contributed by atoms with Gasteiger partial charge in [-0.05, 0) is 12.0 Å². The van der Waals surface area contributed by atoms with Gasteiger partial charge in [-0.15, -0.1) is 0 Å². The second-order valence-corrected chi connectivity index (χ2v) is 2.58. The average Bonchev–Trinajstić information content (AvgIpc) is 2.53. The van der Waals surface area contributed by atoms with E-state index in [0.29, 0.717) is 12.2 Å². The Morgan fingerprint density at radius 2 is 1.83 bits per heavy atom. The van der Waals surface area contributed by atoms with Gasteiger partial charge in [0.2, 0.25) is 0 Å². The number of halogens is 1. The second-order valence-electron chi connectivity index (χ2n) is 2.58. The molecule has 12 heavy (non-hydrogen) atoms. The fourth-order valence-electron chi connectivity index (χ4n) is 1.39. The molecule has 0 aromatic heterocycles. The van der Waals surface area contributed by atoms with Crippen LogP contribution in [0.2, 0.25) is 0 Å². The molecule has 1 nitrogen and oxygen atoms in total. The van der Waals surface area contributed by atoms with Gasteiger partial charge in [-0.1, -0.05) is 24.3 Å². The molecule has 0 heterocycles. The van der Waals surface area contributed by atoms with Gasteiger partial charge in [0.25, 0.3) is 0 Å². The zero-order chi connectivity index (χ0) is 8.97. The Bertz CT molecular complexity index is 286. The highest BCUT2D eigenvalue weighted by atomic mass is 35.6. The average molecular weight is 199 g/mol. The van der Waals surface area contributed by atoms with E-state index in [9.17, 15) is 4.79 Å². The Hall–Kier alpha value is -0.603. The molecule has 0 fully saturated rings. The predicted octanol–water partition coefficient (Wildman–Crippen LogP) is 1.32. The lowest BCUT2D eigenvalue weighted by molar-refractivity contribution is 0.0994. The molecule has 0 unspecified atom stereocenters. The van der Waals surface area contributed by atoms with Gasteiger partial charge in [-0.3, -0.25) is 4.79 Å². The summed E-state index contributed by atoms with van der Waals surface area (Å²) < 4.78 is 0. The molecule has 0 bridgehead atoms. The minimum atomic E-state index is 0.301. The highest BCUT2D eigenvalue weighted by molar-refractivity contribution is 6.80. The smallest absolute Gasteiger partial charge is 0.163 e. The van der Waals surface area contributed by atoms with E-state index < -0.39 is 0 Å². The molecule has 1 aliphatic carbocycles. The number of aryl methyl sites for hydroxylation is 1. The van der Waals surface area contributed by atoms with Gasteiger partial charge in [0.05, 0.1) is 0 Å². The summed E-state index contributed by atoms with van der Waals surface area (Å²) in [5, 5.41) is 0. The summed E-state index contributed by atoms with van der Waals surface area (Å²) in [5.74, 6) is 0.301. The third-order valence-electron chi connectivity index (χ3n) is 1.94. The van der Waals surface area contributed by atoms with Crippen molar-refractivity contribution in [3.63, 3.8) is 0 Å². The van der Waals surface area contributed by atoms with Crippen LogP contribution in [0.15, 0.2) is 24.3 Å². The lowest BCUT2D eigenvalue weighted by atomic mass is 10.1. The van der Waals surface area contributed by atoms with Crippen molar-refractivity contribution in [1.29, 1.82) is 0 Å². The van der Waals surface area contributed by atoms with Crippen LogP contribution in [0.4, 0.5) is 0 Å². The van der Waals surface area contributed by atoms with Crippen LogP contribution in [0.25, 0.3) is 0 Å². The Morgan fingerprint density at radius 3 is 2.50 bits per heavy atom.